The third kappa shape index (κ3) is 6.03. The number of esters is 1. The minimum Gasteiger partial charge on any atom is -0.455 e. The summed E-state index contributed by atoms with van der Waals surface area (Å²) in [5.41, 5.74) is 0.598. The Kier molecular flexibility index (Phi) is 6.61. The van der Waals surface area contributed by atoms with Gasteiger partial charge in [-0.05, 0) is 30.3 Å². The first-order valence-electron chi connectivity index (χ1n) is 6.63. The van der Waals surface area contributed by atoms with Crippen molar-refractivity contribution in [3.63, 3.8) is 0 Å². The maximum Gasteiger partial charge on any atom is 0.316 e. The van der Waals surface area contributed by atoms with E-state index in [9.17, 15) is 14.0 Å². The van der Waals surface area contributed by atoms with Crippen molar-refractivity contribution >= 4 is 45.3 Å². The van der Waals surface area contributed by atoms with Crippen molar-refractivity contribution < 1.29 is 18.7 Å². The van der Waals surface area contributed by atoms with Crippen molar-refractivity contribution in [3.05, 3.63) is 58.8 Å². The van der Waals surface area contributed by atoms with Crippen molar-refractivity contribution in [3.8, 4) is 0 Å². The fourth-order valence-corrected chi connectivity index (χ4v) is 2.79. The third-order valence-electron chi connectivity index (χ3n) is 2.65. The molecule has 0 unspecified atom stereocenters. The van der Waals surface area contributed by atoms with Crippen molar-refractivity contribution in [1.29, 1.82) is 0 Å². The number of thioether (sulfide) groups is 1. The highest BCUT2D eigenvalue weighted by Gasteiger charge is 2.10. The van der Waals surface area contributed by atoms with Crippen LogP contribution >= 0.6 is 27.7 Å². The van der Waals surface area contributed by atoms with Crippen molar-refractivity contribution in [1.82, 2.24) is 0 Å². The van der Waals surface area contributed by atoms with E-state index in [0.717, 1.165) is 16.2 Å². The monoisotopic (exact) mass is 397 g/mol. The summed E-state index contributed by atoms with van der Waals surface area (Å²) in [5.74, 6) is -1.47. The van der Waals surface area contributed by atoms with Gasteiger partial charge in [0, 0.05) is 15.1 Å². The number of ether oxygens (including phenoxy) is 1. The summed E-state index contributed by atoms with van der Waals surface area (Å²) in [6, 6.07) is 13.2. The Balaban J connectivity index is 1.74. The van der Waals surface area contributed by atoms with Crippen LogP contribution in [0.3, 0.4) is 0 Å². The molecule has 0 bridgehead atoms. The maximum atomic E-state index is 13.4. The molecular weight excluding hydrogens is 385 g/mol. The molecule has 1 amide bonds. The number of nitrogens with one attached hydrogen (secondary N) is 1. The molecular formula is C16H13BrFNO3S. The zero-order valence-corrected chi connectivity index (χ0v) is 14.3. The van der Waals surface area contributed by atoms with Crippen molar-refractivity contribution in [2.24, 2.45) is 0 Å². The largest absolute Gasteiger partial charge is 0.455 e. The predicted molar refractivity (Wildman–Crippen MR) is 90.9 cm³/mol. The third-order valence-corrected chi connectivity index (χ3v) is 4.17. The van der Waals surface area contributed by atoms with Crippen LogP contribution in [-0.4, -0.2) is 24.2 Å². The predicted octanol–water partition coefficient (Wildman–Crippen LogP) is 3.86. The zero-order chi connectivity index (χ0) is 16.7. The number of amides is 1. The summed E-state index contributed by atoms with van der Waals surface area (Å²) in [6.07, 6.45) is 0. The molecule has 1 N–H and O–H groups in total. The van der Waals surface area contributed by atoms with E-state index < -0.39 is 17.7 Å². The van der Waals surface area contributed by atoms with Crippen LogP contribution in [0.15, 0.2) is 57.9 Å². The van der Waals surface area contributed by atoms with E-state index in [4.69, 9.17) is 4.74 Å². The Morgan fingerprint density at radius 1 is 1.17 bits per heavy atom. The zero-order valence-electron chi connectivity index (χ0n) is 11.9. The molecule has 0 fully saturated rings. The van der Waals surface area contributed by atoms with Gasteiger partial charge in [-0.25, -0.2) is 4.39 Å². The molecule has 0 spiro atoms. The number of rotatable bonds is 6. The number of carbonyl (C=O) groups is 2. The number of hydrogen-bond acceptors (Lipinski definition) is 4. The van der Waals surface area contributed by atoms with Gasteiger partial charge in [-0.2, -0.15) is 0 Å². The number of hydrogen-bond donors (Lipinski definition) is 1. The molecule has 0 aliphatic heterocycles. The lowest BCUT2D eigenvalue weighted by molar-refractivity contribution is -0.144. The van der Waals surface area contributed by atoms with E-state index in [1.165, 1.54) is 6.07 Å². The Morgan fingerprint density at radius 2 is 1.96 bits per heavy atom. The molecule has 0 saturated carbocycles. The van der Waals surface area contributed by atoms with E-state index in [0.29, 0.717) is 10.6 Å². The second-order valence-electron chi connectivity index (χ2n) is 4.44. The van der Waals surface area contributed by atoms with Gasteiger partial charge in [-0.1, -0.05) is 34.1 Å². The highest BCUT2D eigenvalue weighted by Crippen LogP contribution is 2.21. The minimum atomic E-state index is -0.581. The quantitative estimate of drug-likeness (QED) is 0.593. The van der Waals surface area contributed by atoms with E-state index in [1.807, 2.05) is 6.07 Å². The van der Waals surface area contributed by atoms with Crippen LogP contribution < -0.4 is 5.32 Å². The van der Waals surface area contributed by atoms with E-state index in [2.05, 4.69) is 21.2 Å². The first-order chi connectivity index (χ1) is 11.0. The smallest absolute Gasteiger partial charge is 0.316 e. The number of benzene rings is 2. The topological polar surface area (TPSA) is 55.4 Å². The molecule has 0 aromatic heterocycles. The maximum absolute atomic E-state index is 13.4. The molecule has 0 atom stereocenters. The molecule has 120 valence electrons. The molecule has 0 saturated heterocycles. The molecule has 0 heterocycles. The fraction of sp³-hybridized carbons (Fsp3) is 0.125. The van der Waals surface area contributed by atoms with Crippen LogP contribution in [0.1, 0.15) is 0 Å². The normalized spacial score (nSPS) is 10.2. The van der Waals surface area contributed by atoms with Gasteiger partial charge < -0.3 is 10.1 Å². The second kappa shape index (κ2) is 8.69. The average molecular weight is 398 g/mol. The van der Waals surface area contributed by atoms with Gasteiger partial charge in [-0.3, -0.25) is 9.59 Å². The molecule has 2 aromatic rings. The summed E-state index contributed by atoms with van der Waals surface area (Å²) < 4.78 is 19.1. The van der Waals surface area contributed by atoms with E-state index >= 15 is 0 Å². The van der Waals surface area contributed by atoms with Crippen LogP contribution in [0.5, 0.6) is 0 Å². The van der Waals surface area contributed by atoms with Gasteiger partial charge in [-0.15, -0.1) is 11.8 Å². The number of carbonyl (C=O) groups excluding carboxylic acids is 2. The summed E-state index contributed by atoms with van der Waals surface area (Å²) >= 11 is 4.32. The Morgan fingerprint density at radius 3 is 2.70 bits per heavy atom. The van der Waals surface area contributed by atoms with Crippen molar-refractivity contribution in [2.75, 3.05) is 17.7 Å². The van der Waals surface area contributed by atoms with Gasteiger partial charge in [0.15, 0.2) is 6.61 Å². The average Bonchev–Trinajstić information content (AvgIpc) is 2.52. The lowest BCUT2D eigenvalue weighted by atomic mass is 10.3. The Labute approximate surface area is 145 Å². The van der Waals surface area contributed by atoms with Gasteiger partial charge in [0.2, 0.25) is 0 Å². The molecule has 7 heteroatoms. The van der Waals surface area contributed by atoms with E-state index in [-0.39, 0.29) is 12.4 Å². The lowest BCUT2D eigenvalue weighted by Gasteiger charge is -2.07. The van der Waals surface area contributed by atoms with E-state index in [1.54, 1.807) is 36.4 Å². The fourth-order valence-electron chi connectivity index (χ4n) is 1.65. The highest BCUT2D eigenvalue weighted by molar-refractivity contribution is 9.10. The first-order valence-corrected chi connectivity index (χ1v) is 8.41. The van der Waals surface area contributed by atoms with Crippen LogP contribution in [0.25, 0.3) is 0 Å². The lowest BCUT2D eigenvalue weighted by Crippen LogP contribution is -2.21. The van der Waals surface area contributed by atoms with Crippen molar-refractivity contribution in [2.45, 2.75) is 4.90 Å². The molecule has 4 nitrogen and oxygen atoms in total. The summed E-state index contributed by atoms with van der Waals surface area (Å²) in [6.45, 7) is -0.386. The standard InChI is InChI=1S/C16H13BrFNO3S/c17-11-4-3-5-12(8-11)19-15(20)9-22-16(21)10-23-14-7-2-1-6-13(14)18/h1-8H,9-10H2,(H,19,20). The second-order valence-corrected chi connectivity index (χ2v) is 6.37. The molecule has 2 rings (SSSR count). The highest BCUT2D eigenvalue weighted by atomic mass is 79.9. The van der Waals surface area contributed by atoms with Gasteiger partial charge in [0.05, 0.1) is 5.75 Å². The Bertz CT molecular complexity index is 711. The Hall–Kier alpha value is -1.86. The van der Waals surface area contributed by atoms with Crippen LogP contribution in [0, 0.1) is 5.82 Å². The molecule has 0 radical (unpaired) electrons. The molecule has 2 aromatic carbocycles. The molecule has 0 aliphatic rings. The number of anilines is 1. The van der Waals surface area contributed by atoms with Gasteiger partial charge in [0.1, 0.15) is 5.82 Å². The summed E-state index contributed by atoms with van der Waals surface area (Å²) in [4.78, 5) is 23.6. The SMILES string of the molecule is O=C(COC(=O)CSc1ccccc1F)Nc1cccc(Br)c1. The summed E-state index contributed by atoms with van der Waals surface area (Å²) in [5, 5.41) is 2.61. The van der Waals surface area contributed by atoms with Crippen LogP contribution in [0.2, 0.25) is 0 Å². The molecule has 23 heavy (non-hydrogen) atoms. The molecule has 0 aliphatic carbocycles. The summed E-state index contributed by atoms with van der Waals surface area (Å²) in [7, 11) is 0. The number of halogens is 2. The van der Waals surface area contributed by atoms with Crippen LogP contribution in [0.4, 0.5) is 10.1 Å². The minimum absolute atomic E-state index is 0.0644. The van der Waals surface area contributed by atoms with Crippen LogP contribution in [-0.2, 0) is 14.3 Å². The van der Waals surface area contributed by atoms with Gasteiger partial charge in [0.25, 0.3) is 5.91 Å². The first kappa shape index (κ1) is 17.5. The van der Waals surface area contributed by atoms with Gasteiger partial charge >= 0.3 is 5.97 Å².